The maximum atomic E-state index is 8.86. The molecule has 0 unspecified atom stereocenters. The lowest BCUT2D eigenvalue weighted by Gasteiger charge is -2.05. The van der Waals surface area contributed by atoms with Crippen molar-refractivity contribution >= 4 is 5.82 Å². The Kier molecular flexibility index (Phi) is 3.60. The van der Waals surface area contributed by atoms with Crippen molar-refractivity contribution in [2.75, 3.05) is 12.3 Å². The number of anilines is 1. The highest BCUT2D eigenvalue weighted by atomic mass is 16.2. The quantitative estimate of drug-likeness (QED) is 0.844. The molecule has 0 atom stereocenters. The summed E-state index contributed by atoms with van der Waals surface area (Å²) in [5.74, 6) is 0.554. The van der Waals surface area contributed by atoms with Gasteiger partial charge in [-0.2, -0.15) is 10.4 Å². The van der Waals surface area contributed by atoms with E-state index in [1.54, 1.807) is 29.1 Å². The van der Waals surface area contributed by atoms with E-state index in [1.165, 1.54) is 0 Å². The summed E-state index contributed by atoms with van der Waals surface area (Å²) >= 11 is 0. The van der Waals surface area contributed by atoms with E-state index in [0.29, 0.717) is 24.2 Å². The van der Waals surface area contributed by atoms with E-state index in [1.807, 2.05) is 6.07 Å². The zero-order chi connectivity index (χ0) is 13.0. The van der Waals surface area contributed by atoms with Gasteiger partial charge in [-0.25, -0.2) is 4.68 Å². The van der Waals surface area contributed by atoms with Gasteiger partial charge in [0.15, 0.2) is 0 Å². The molecule has 0 bridgehead atoms. The molecule has 0 aliphatic carbocycles. The average Bonchev–Trinajstić information content (AvgIpc) is 2.78. The van der Waals surface area contributed by atoms with Crippen LogP contribution in [0.3, 0.4) is 0 Å². The zero-order valence-corrected chi connectivity index (χ0v) is 9.87. The molecule has 2 rings (SSSR count). The van der Waals surface area contributed by atoms with Gasteiger partial charge in [-0.05, 0) is 31.0 Å². The Morgan fingerprint density at radius 3 is 3.00 bits per heavy atom. The van der Waals surface area contributed by atoms with Crippen molar-refractivity contribution in [3.63, 3.8) is 0 Å². The second-order valence-corrected chi connectivity index (χ2v) is 3.96. The summed E-state index contributed by atoms with van der Waals surface area (Å²) in [6, 6.07) is 9.19. The fraction of sp³-hybridized carbons (Fsp3) is 0.231. The van der Waals surface area contributed by atoms with Gasteiger partial charge < -0.3 is 10.8 Å². The Morgan fingerprint density at radius 1 is 1.44 bits per heavy atom. The van der Waals surface area contributed by atoms with E-state index in [0.717, 1.165) is 11.3 Å². The van der Waals surface area contributed by atoms with E-state index in [4.69, 9.17) is 16.1 Å². The van der Waals surface area contributed by atoms with Gasteiger partial charge in [-0.3, -0.25) is 0 Å². The van der Waals surface area contributed by atoms with Crippen molar-refractivity contribution in [1.82, 2.24) is 9.78 Å². The lowest BCUT2D eigenvalue weighted by atomic mass is 10.2. The van der Waals surface area contributed by atoms with Crippen molar-refractivity contribution in [1.29, 1.82) is 5.26 Å². The summed E-state index contributed by atoms with van der Waals surface area (Å²) in [7, 11) is 0. The summed E-state index contributed by atoms with van der Waals surface area (Å²) in [4.78, 5) is 0. The number of benzene rings is 1. The second-order valence-electron chi connectivity index (χ2n) is 3.96. The third-order valence-electron chi connectivity index (χ3n) is 2.71. The molecule has 5 nitrogen and oxygen atoms in total. The predicted molar refractivity (Wildman–Crippen MR) is 68.1 cm³/mol. The molecule has 0 aliphatic rings. The first-order valence-corrected chi connectivity index (χ1v) is 5.70. The van der Waals surface area contributed by atoms with E-state index < -0.39 is 0 Å². The Labute approximate surface area is 105 Å². The van der Waals surface area contributed by atoms with E-state index in [-0.39, 0.29) is 6.61 Å². The van der Waals surface area contributed by atoms with Crippen LogP contribution < -0.4 is 5.73 Å². The number of aromatic nitrogens is 2. The van der Waals surface area contributed by atoms with Crippen molar-refractivity contribution in [2.45, 2.75) is 12.8 Å². The van der Waals surface area contributed by atoms with Crippen LogP contribution in [0.1, 0.15) is 17.5 Å². The normalized spacial score (nSPS) is 10.2. The highest BCUT2D eigenvalue weighted by Gasteiger charge is 2.08. The first-order valence-electron chi connectivity index (χ1n) is 5.70. The first-order chi connectivity index (χ1) is 8.76. The molecule has 1 aromatic heterocycles. The standard InChI is InChI=1S/C13H14N4O/c14-8-10-3-1-5-12(7-10)17-13(15)11(9-16-17)4-2-6-18/h1,3,5,7,9,18H,2,4,6,15H2. The Bertz CT molecular complexity index is 583. The van der Waals surface area contributed by atoms with Gasteiger partial charge in [0.2, 0.25) is 0 Å². The van der Waals surface area contributed by atoms with Crippen molar-refractivity contribution < 1.29 is 5.11 Å². The van der Waals surface area contributed by atoms with Crippen LogP contribution in [0.4, 0.5) is 5.82 Å². The number of nitriles is 1. The van der Waals surface area contributed by atoms with Gasteiger partial charge in [0.25, 0.3) is 0 Å². The number of nitrogens with zero attached hydrogens (tertiary/aromatic N) is 3. The minimum atomic E-state index is 0.133. The molecule has 0 saturated carbocycles. The SMILES string of the molecule is N#Cc1cccc(-n2ncc(CCCO)c2N)c1. The van der Waals surface area contributed by atoms with Gasteiger partial charge in [0.05, 0.1) is 23.5 Å². The summed E-state index contributed by atoms with van der Waals surface area (Å²) in [5, 5.41) is 21.9. The minimum absolute atomic E-state index is 0.133. The molecular weight excluding hydrogens is 228 g/mol. The van der Waals surface area contributed by atoms with Crippen LogP contribution in [-0.4, -0.2) is 21.5 Å². The van der Waals surface area contributed by atoms with Gasteiger partial charge in [-0.15, -0.1) is 0 Å². The van der Waals surface area contributed by atoms with Gasteiger partial charge in [0.1, 0.15) is 5.82 Å². The van der Waals surface area contributed by atoms with Gasteiger partial charge in [0, 0.05) is 12.2 Å². The number of aliphatic hydroxyl groups excluding tert-OH is 1. The molecule has 1 heterocycles. The fourth-order valence-corrected chi connectivity index (χ4v) is 1.77. The molecular formula is C13H14N4O. The third kappa shape index (κ3) is 2.34. The van der Waals surface area contributed by atoms with E-state index in [2.05, 4.69) is 11.2 Å². The summed E-state index contributed by atoms with van der Waals surface area (Å²) in [6.45, 7) is 0.133. The number of rotatable bonds is 4. The molecule has 0 spiro atoms. The van der Waals surface area contributed by atoms with E-state index in [9.17, 15) is 0 Å². The summed E-state index contributed by atoms with van der Waals surface area (Å²) in [6.07, 6.45) is 3.05. The molecule has 3 N–H and O–H groups in total. The number of nitrogens with two attached hydrogens (primary N) is 1. The Morgan fingerprint density at radius 2 is 2.28 bits per heavy atom. The highest BCUT2D eigenvalue weighted by molar-refractivity contribution is 5.49. The van der Waals surface area contributed by atoms with Crippen LogP contribution in [0.5, 0.6) is 0 Å². The molecule has 0 aliphatic heterocycles. The minimum Gasteiger partial charge on any atom is -0.396 e. The smallest absolute Gasteiger partial charge is 0.130 e. The van der Waals surface area contributed by atoms with Crippen molar-refractivity contribution in [3.8, 4) is 11.8 Å². The molecule has 0 fully saturated rings. The summed E-state index contributed by atoms with van der Waals surface area (Å²) < 4.78 is 1.60. The molecule has 2 aromatic rings. The van der Waals surface area contributed by atoms with Crippen LogP contribution in [0.15, 0.2) is 30.5 Å². The third-order valence-corrected chi connectivity index (χ3v) is 2.71. The average molecular weight is 242 g/mol. The second kappa shape index (κ2) is 5.34. The first kappa shape index (κ1) is 12.1. The zero-order valence-electron chi connectivity index (χ0n) is 9.87. The lowest BCUT2D eigenvalue weighted by Crippen LogP contribution is -2.03. The Balaban J connectivity index is 2.33. The van der Waals surface area contributed by atoms with Crippen LogP contribution in [0.25, 0.3) is 5.69 Å². The molecule has 5 heteroatoms. The van der Waals surface area contributed by atoms with E-state index >= 15 is 0 Å². The topological polar surface area (TPSA) is 87.9 Å². The molecule has 0 amide bonds. The van der Waals surface area contributed by atoms with Crippen molar-refractivity contribution in [3.05, 3.63) is 41.6 Å². The van der Waals surface area contributed by atoms with Crippen molar-refractivity contribution in [2.24, 2.45) is 0 Å². The highest BCUT2D eigenvalue weighted by Crippen LogP contribution is 2.18. The molecule has 0 saturated heterocycles. The number of aliphatic hydroxyl groups is 1. The van der Waals surface area contributed by atoms with Crippen LogP contribution >= 0.6 is 0 Å². The maximum Gasteiger partial charge on any atom is 0.130 e. The van der Waals surface area contributed by atoms with Crippen LogP contribution in [0, 0.1) is 11.3 Å². The number of hydrogen-bond donors (Lipinski definition) is 2. The maximum absolute atomic E-state index is 8.86. The molecule has 92 valence electrons. The van der Waals surface area contributed by atoms with Gasteiger partial charge >= 0.3 is 0 Å². The number of nitrogen functional groups attached to an aromatic ring is 1. The number of aryl methyl sites for hydroxylation is 1. The Hall–Kier alpha value is -2.32. The molecule has 18 heavy (non-hydrogen) atoms. The molecule has 0 radical (unpaired) electrons. The van der Waals surface area contributed by atoms with Gasteiger partial charge in [-0.1, -0.05) is 6.07 Å². The monoisotopic (exact) mass is 242 g/mol. The van der Waals surface area contributed by atoms with Crippen LogP contribution in [0.2, 0.25) is 0 Å². The van der Waals surface area contributed by atoms with Crippen LogP contribution in [-0.2, 0) is 6.42 Å². The summed E-state index contributed by atoms with van der Waals surface area (Å²) in [5.41, 5.74) is 8.25. The fourth-order valence-electron chi connectivity index (χ4n) is 1.77. The molecule has 1 aromatic carbocycles. The lowest BCUT2D eigenvalue weighted by molar-refractivity contribution is 0.288. The number of hydrogen-bond acceptors (Lipinski definition) is 4. The largest absolute Gasteiger partial charge is 0.396 e. The predicted octanol–water partition coefficient (Wildman–Crippen LogP) is 1.25.